The molecule has 10 rings (SSSR count). The number of benzene rings is 7. The van der Waals surface area contributed by atoms with Crippen LogP contribution in [-0.4, -0.2) is 4.98 Å². The number of rotatable bonds is 4. The van der Waals surface area contributed by atoms with Gasteiger partial charge in [-0.3, -0.25) is 0 Å². The molecule has 0 unspecified atom stereocenters. The van der Waals surface area contributed by atoms with Gasteiger partial charge in [0.2, 0.25) is 5.89 Å². The van der Waals surface area contributed by atoms with Crippen molar-refractivity contribution in [3.63, 3.8) is 0 Å². The van der Waals surface area contributed by atoms with Gasteiger partial charge >= 0.3 is 0 Å². The Morgan fingerprint density at radius 1 is 0.543 bits per heavy atom. The highest BCUT2D eigenvalue weighted by molar-refractivity contribution is 6.31. The second-order valence-corrected chi connectivity index (χ2v) is 12.8. The van der Waals surface area contributed by atoms with Crippen molar-refractivity contribution in [2.75, 3.05) is 4.90 Å². The molecule has 2 heterocycles. The first kappa shape index (κ1) is 25.5. The average Bonchev–Trinajstić information content (AvgIpc) is 3.78. The summed E-state index contributed by atoms with van der Waals surface area (Å²) >= 11 is 0. The van der Waals surface area contributed by atoms with Crippen LogP contribution in [0.15, 0.2) is 142 Å². The number of fused-ring (bicyclic) bond motifs is 6. The summed E-state index contributed by atoms with van der Waals surface area (Å²) in [7, 11) is 0. The highest BCUT2D eigenvalue weighted by atomic mass is 16.3. The van der Waals surface area contributed by atoms with Crippen LogP contribution >= 0.6 is 0 Å². The molecule has 0 saturated heterocycles. The molecule has 0 N–H and O–H groups in total. The third kappa shape index (κ3) is 3.41. The van der Waals surface area contributed by atoms with E-state index in [0.29, 0.717) is 5.89 Å². The maximum atomic E-state index is 6.64. The molecule has 4 nitrogen and oxygen atoms in total. The van der Waals surface area contributed by atoms with Crippen LogP contribution in [0.25, 0.3) is 66.4 Å². The highest BCUT2D eigenvalue weighted by Gasteiger charge is 2.35. The van der Waals surface area contributed by atoms with Crippen molar-refractivity contribution in [3.8, 4) is 22.6 Å². The largest absolute Gasteiger partial charge is 0.456 e. The molecule has 7 aromatic carbocycles. The van der Waals surface area contributed by atoms with Crippen molar-refractivity contribution in [2.24, 2.45) is 0 Å². The number of hydrogen-bond donors (Lipinski definition) is 0. The summed E-state index contributed by atoms with van der Waals surface area (Å²) in [4.78, 5) is 7.44. The number of nitrogens with zero attached hydrogens (tertiary/aromatic N) is 2. The van der Waals surface area contributed by atoms with Crippen LogP contribution in [0.5, 0.6) is 0 Å². The van der Waals surface area contributed by atoms with Crippen molar-refractivity contribution < 1.29 is 8.83 Å². The number of aromatic nitrogens is 1. The van der Waals surface area contributed by atoms with E-state index in [-0.39, 0.29) is 5.41 Å². The third-order valence-electron chi connectivity index (χ3n) is 9.84. The zero-order valence-corrected chi connectivity index (χ0v) is 25.4. The normalized spacial score (nSPS) is 13.6. The van der Waals surface area contributed by atoms with E-state index in [2.05, 4.69) is 128 Å². The van der Waals surface area contributed by atoms with Gasteiger partial charge in [0.05, 0.1) is 0 Å². The van der Waals surface area contributed by atoms with Gasteiger partial charge in [0.1, 0.15) is 16.7 Å². The van der Waals surface area contributed by atoms with Gasteiger partial charge in [-0.2, -0.15) is 0 Å². The number of anilines is 3. The molecule has 0 spiro atoms. The molecule has 0 aliphatic heterocycles. The third-order valence-corrected chi connectivity index (χ3v) is 9.84. The lowest BCUT2D eigenvalue weighted by Crippen LogP contribution is -2.16. The Morgan fingerprint density at radius 3 is 2.07 bits per heavy atom. The van der Waals surface area contributed by atoms with Gasteiger partial charge in [0, 0.05) is 49.6 Å². The molecule has 46 heavy (non-hydrogen) atoms. The van der Waals surface area contributed by atoms with Crippen LogP contribution in [0.3, 0.4) is 0 Å². The Kier molecular flexibility index (Phi) is 5.03. The molecule has 4 heteroatoms. The average molecular weight is 593 g/mol. The second kappa shape index (κ2) is 9.09. The van der Waals surface area contributed by atoms with Crippen LogP contribution in [0, 0.1) is 0 Å². The minimum Gasteiger partial charge on any atom is -0.456 e. The first-order chi connectivity index (χ1) is 22.6. The lowest BCUT2D eigenvalue weighted by molar-refractivity contribution is 0.623. The Bertz CT molecular complexity index is 2540. The van der Waals surface area contributed by atoms with Crippen molar-refractivity contribution in [1.82, 2.24) is 4.98 Å². The van der Waals surface area contributed by atoms with Gasteiger partial charge in [0.15, 0.2) is 5.58 Å². The van der Waals surface area contributed by atoms with E-state index in [1.807, 2.05) is 24.3 Å². The Morgan fingerprint density at radius 2 is 1.22 bits per heavy atom. The fourth-order valence-electron chi connectivity index (χ4n) is 7.70. The van der Waals surface area contributed by atoms with Gasteiger partial charge < -0.3 is 13.7 Å². The van der Waals surface area contributed by atoms with E-state index >= 15 is 0 Å². The molecular weight excluding hydrogens is 564 g/mol. The summed E-state index contributed by atoms with van der Waals surface area (Å²) < 4.78 is 12.8. The quantitative estimate of drug-likeness (QED) is 0.191. The zero-order chi connectivity index (χ0) is 30.6. The van der Waals surface area contributed by atoms with E-state index in [1.54, 1.807) is 0 Å². The Balaban J connectivity index is 1.15. The van der Waals surface area contributed by atoms with E-state index in [9.17, 15) is 0 Å². The minimum absolute atomic E-state index is 0.0940. The van der Waals surface area contributed by atoms with Crippen molar-refractivity contribution in [2.45, 2.75) is 19.3 Å². The molecular formula is C42H28N2O2. The summed E-state index contributed by atoms with van der Waals surface area (Å²) in [6, 6.07) is 47.0. The van der Waals surface area contributed by atoms with Crippen molar-refractivity contribution in [1.29, 1.82) is 0 Å². The van der Waals surface area contributed by atoms with E-state index in [0.717, 1.165) is 66.4 Å². The molecule has 0 saturated carbocycles. The monoisotopic (exact) mass is 592 g/mol. The summed E-state index contributed by atoms with van der Waals surface area (Å²) in [5.41, 5.74) is 12.8. The maximum Gasteiger partial charge on any atom is 0.227 e. The van der Waals surface area contributed by atoms with Crippen molar-refractivity contribution in [3.05, 3.63) is 145 Å². The topological polar surface area (TPSA) is 42.4 Å². The number of para-hydroxylation sites is 1. The first-order valence-corrected chi connectivity index (χ1v) is 15.7. The van der Waals surface area contributed by atoms with Crippen LogP contribution < -0.4 is 4.90 Å². The zero-order valence-electron chi connectivity index (χ0n) is 25.4. The molecule has 9 aromatic rings. The van der Waals surface area contributed by atoms with Gasteiger partial charge in [-0.15, -0.1) is 0 Å². The number of hydrogen-bond acceptors (Lipinski definition) is 4. The van der Waals surface area contributed by atoms with Crippen LogP contribution in [0.2, 0.25) is 0 Å². The highest BCUT2D eigenvalue weighted by Crippen LogP contribution is 2.51. The molecule has 0 fully saturated rings. The smallest absolute Gasteiger partial charge is 0.227 e. The van der Waals surface area contributed by atoms with E-state index in [4.69, 9.17) is 13.8 Å². The van der Waals surface area contributed by atoms with Crippen molar-refractivity contribution >= 4 is 60.9 Å². The Hall–Kier alpha value is -5.87. The van der Waals surface area contributed by atoms with Crippen LogP contribution in [0.1, 0.15) is 25.0 Å². The molecule has 0 atom stereocenters. The lowest BCUT2D eigenvalue weighted by atomic mass is 9.82. The summed E-state index contributed by atoms with van der Waals surface area (Å²) in [6.07, 6.45) is 0. The van der Waals surface area contributed by atoms with Crippen LogP contribution in [-0.2, 0) is 5.41 Å². The predicted octanol–water partition coefficient (Wildman–Crippen LogP) is 11.8. The fraction of sp³-hybridized carbons (Fsp3) is 0.0714. The number of oxazole rings is 1. The Labute approximate surface area is 265 Å². The molecule has 1 aliphatic carbocycles. The standard InChI is InChI=1S/C42H28N2O2/c1-42(2)33-18-7-6-15-29(33)30-22-21-28(24-34(30)42)44(26-12-4-3-5-13-26)27-14-8-11-25(23-27)41-43-39-31-16-9-19-35-37(31)38-32(40(39)46-41)17-10-20-36(38)45-35/h3-24H,1-2H3. The van der Waals surface area contributed by atoms with E-state index in [1.165, 1.54) is 22.3 Å². The maximum absolute atomic E-state index is 6.64. The molecule has 0 radical (unpaired) electrons. The molecule has 218 valence electrons. The summed E-state index contributed by atoms with van der Waals surface area (Å²) in [6.45, 7) is 4.65. The SMILES string of the molecule is CC1(C)c2ccccc2-c2ccc(N(c3ccccc3)c3cccc(-c4nc5c6cccc7oc8cccc(c5o4)c8c76)c3)cc21. The van der Waals surface area contributed by atoms with E-state index < -0.39 is 0 Å². The first-order valence-electron chi connectivity index (χ1n) is 15.7. The molecule has 0 bridgehead atoms. The summed E-state index contributed by atoms with van der Waals surface area (Å²) in [5, 5.41) is 4.26. The van der Waals surface area contributed by atoms with Crippen LogP contribution in [0.4, 0.5) is 17.1 Å². The molecule has 0 amide bonds. The molecule has 1 aliphatic rings. The van der Waals surface area contributed by atoms with Gasteiger partial charge in [-0.1, -0.05) is 92.7 Å². The fourth-order valence-corrected chi connectivity index (χ4v) is 7.70. The van der Waals surface area contributed by atoms with Gasteiger partial charge in [0.25, 0.3) is 0 Å². The second-order valence-electron chi connectivity index (χ2n) is 12.8. The minimum atomic E-state index is -0.0940. The van der Waals surface area contributed by atoms with Gasteiger partial charge in [-0.05, 0) is 76.9 Å². The summed E-state index contributed by atoms with van der Waals surface area (Å²) in [5.74, 6) is 0.599. The lowest BCUT2D eigenvalue weighted by Gasteiger charge is -2.28. The molecule has 2 aromatic heterocycles. The van der Waals surface area contributed by atoms with Gasteiger partial charge in [-0.25, -0.2) is 4.98 Å². The predicted molar refractivity (Wildman–Crippen MR) is 188 cm³/mol. The number of furan rings is 1.